The number of halogens is 2. The van der Waals surface area contributed by atoms with Gasteiger partial charge in [-0.25, -0.2) is 8.78 Å². The van der Waals surface area contributed by atoms with E-state index in [1.807, 2.05) is 13.8 Å². The summed E-state index contributed by atoms with van der Waals surface area (Å²) in [6, 6.07) is 4.61. The van der Waals surface area contributed by atoms with Crippen LogP contribution in [-0.4, -0.2) is 25.3 Å². The van der Waals surface area contributed by atoms with Gasteiger partial charge in [0.05, 0.1) is 6.10 Å². The van der Waals surface area contributed by atoms with Crippen LogP contribution in [0, 0.1) is 17.6 Å². The molecule has 2 nitrogen and oxygen atoms in total. The lowest BCUT2D eigenvalue weighted by Gasteiger charge is -2.37. The lowest BCUT2D eigenvalue weighted by atomic mass is 9.77. The standard InChI is InChI=1S/C17H25F2NO/c1-3-20-14(8-12-9-15(10-12)21-4-2)11-13-6-5-7-16(18)17(13)19/h5-7,12,14-15,20H,3-4,8-11H2,1-2H3. The molecule has 1 atom stereocenters. The minimum absolute atomic E-state index is 0.193. The second-order valence-electron chi connectivity index (χ2n) is 5.82. The zero-order valence-corrected chi connectivity index (χ0v) is 12.9. The van der Waals surface area contributed by atoms with E-state index in [1.54, 1.807) is 12.1 Å². The van der Waals surface area contributed by atoms with Crippen LogP contribution in [0.2, 0.25) is 0 Å². The lowest BCUT2D eigenvalue weighted by Crippen LogP contribution is -2.39. The highest BCUT2D eigenvalue weighted by Gasteiger charge is 2.31. The molecule has 1 N–H and O–H groups in total. The van der Waals surface area contributed by atoms with E-state index in [0.29, 0.717) is 24.0 Å². The number of likely N-dealkylation sites (N-methyl/N-ethyl adjacent to an activating group) is 1. The van der Waals surface area contributed by atoms with Crippen molar-refractivity contribution < 1.29 is 13.5 Å². The van der Waals surface area contributed by atoms with Gasteiger partial charge >= 0.3 is 0 Å². The van der Waals surface area contributed by atoms with Crippen LogP contribution < -0.4 is 5.32 Å². The van der Waals surface area contributed by atoms with E-state index in [9.17, 15) is 8.78 Å². The van der Waals surface area contributed by atoms with Crippen molar-refractivity contribution >= 4 is 0 Å². The van der Waals surface area contributed by atoms with Gasteiger partial charge in [-0.15, -0.1) is 0 Å². The summed E-state index contributed by atoms with van der Waals surface area (Å²) in [5.74, 6) is -0.841. The average molecular weight is 297 g/mol. The zero-order valence-electron chi connectivity index (χ0n) is 12.9. The van der Waals surface area contributed by atoms with Gasteiger partial charge in [0.15, 0.2) is 11.6 Å². The first-order valence-corrected chi connectivity index (χ1v) is 7.91. The van der Waals surface area contributed by atoms with E-state index in [2.05, 4.69) is 5.32 Å². The Labute approximate surface area is 125 Å². The molecule has 1 saturated carbocycles. The lowest BCUT2D eigenvalue weighted by molar-refractivity contribution is -0.0290. The maximum absolute atomic E-state index is 13.8. The van der Waals surface area contributed by atoms with E-state index < -0.39 is 11.6 Å². The van der Waals surface area contributed by atoms with Crippen LogP contribution in [0.1, 0.15) is 38.7 Å². The maximum Gasteiger partial charge on any atom is 0.162 e. The Bertz CT molecular complexity index is 446. The summed E-state index contributed by atoms with van der Waals surface area (Å²) in [6.45, 7) is 5.66. The van der Waals surface area contributed by atoms with Crippen LogP contribution >= 0.6 is 0 Å². The normalized spacial score (nSPS) is 22.9. The molecule has 1 fully saturated rings. The van der Waals surface area contributed by atoms with Crippen LogP contribution in [0.3, 0.4) is 0 Å². The van der Waals surface area contributed by atoms with Crippen molar-refractivity contribution in [3.8, 4) is 0 Å². The van der Waals surface area contributed by atoms with E-state index in [0.717, 1.165) is 32.4 Å². The van der Waals surface area contributed by atoms with Crippen LogP contribution in [-0.2, 0) is 11.2 Å². The second-order valence-corrected chi connectivity index (χ2v) is 5.82. The summed E-state index contributed by atoms with van der Waals surface area (Å²) in [7, 11) is 0. The molecule has 118 valence electrons. The molecule has 1 aliphatic carbocycles. The summed E-state index contributed by atoms with van der Waals surface area (Å²) in [4.78, 5) is 0. The van der Waals surface area contributed by atoms with Gasteiger partial charge in [0.1, 0.15) is 0 Å². The molecule has 1 aromatic carbocycles. The van der Waals surface area contributed by atoms with Gasteiger partial charge in [0, 0.05) is 12.6 Å². The molecular weight excluding hydrogens is 272 g/mol. The summed E-state index contributed by atoms with van der Waals surface area (Å²) < 4.78 is 32.6. The molecule has 0 spiro atoms. The molecule has 21 heavy (non-hydrogen) atoms. The average Bonchev–Trinajstić information content (AvgIpc) is 2.42. The van der Waals surface area contributed by atoms with Crippen molar-refractivity contribution in [2.45, 2.75) is 51.7 Å². The van der Waals surface area contributed by atoms with Gasteiger partial charge in [-0.2, -0.15) is 0 Å². The molecule has 1 aliphatic rings. The fourth-order valence-corrected chi connectivity index (χ4v) is 3.14. The van der Waals surface area contributed by atoms with Crippen molar-refractivity contribution in [3.05, 3.63) is 35.4 Å². The molecule has 0 aliphatic heterocycles. The molecule has 0 heterocycles. The maximum atomic E-state index is 13.8. The Morgan fingerprint density at radius 3 is 2.71 bits per heavy atom. The fourth-order valence-electron chi connectivity index (χ4n) is 3.14. The van der Waals surface area contributed by atoms with Gasteiger partial charge < -0.3 is 10.1 Å². The molecule has 1 unspecified atom stereocenters. The summed E-state index contributed by atoms with van der Waals surface area (Å²) in [5.41, 5.74) is 0.460. The number of rotatable bonds is 8. The molecule has 0 saturated heterocycles. The first-order valence-electron chi connectivity index (χ1n) is 7.91. The van der Waals surface area contributed by atoms with Crippen molar-refractivity contribution in [3.63, 3.8) is 0 Å². The molecule has 0 bridgehead atoms. The Kier molecular flexibility index (Phi) is 6.12. The third kappa shape index (κ3) is 4.48. The predicted molar refractivity (Wildman–Crippen MR) is 80.3 cm³/mol. The van der Waals surface area contributed by atoms with Crippen LogP contribution in [0.15, 0.2) is 18.2 Å². The van der Waals surface area contributed by atoms with Gasteiger partial charge in [0.2, 0.25) is 0 Å². The molecular formula is C17H25F2NO. The smallest absolute Gasteiger partial charge is 0.162 e. The third-order valence-corrected chi connectivity index (χ3v) is 4.20. The predicted octanol–water partition coefficient (Wildman–Crippen LogP) is 3.69. The van der Waals surface area contributed by atoms with E-state index in [4.69, 9.17) is 4.74 Å². The van der Waals surface area contributed by atoms with Crippen LogP contribution in [0.5, 0.6) is 0 Å². The number of ether oxygens (including phenoxy) is 1. The largest absolute Gasteiger partial charge is 0.378 e. The molecule has 2 rings (SSSR count). The van der Waals surface area contributed by atoms with Crippen LogP contribution in [0.4, 0.5) is 8.78 Å². The van der Waals surface area contributed by atoms with E-state index >= 15 is 0 Å². The topological polar surface area (TPSA) is 21.3 Å². The van der Waals surface area contributed by atoms with Gasteiger partial charge in [-0.05, 0) is 56.7 Å². The number of benzene rings is 1. The Hall–Kier alpha value is -1.00. The minimum Gasteiger partial charge on any atom is -0.378 e. The monoisotopic (exact) mass is 297 g/mol. The Balaban J connectivity index is 1.89. The first kappa shape index (κ1) is 16.4. The first-order chi connectivity index (χ1) is 10.1. The highest BCUT2D eigenvalue weighted by molar-refractivity contribution is 5.20. The van der Waals surface area contributed by atoms with Gasteiger partial charge in [0.25, 0.3) is 0 Å². The van der Waals surface area contributed by atoms with Crippen LogP contribution in [0.25, 0.3) is 0 Å². The zero-order chi connectivity index (χ0) is 15.2. The molecule has 4 heteroatoms. The molecule has 0 amide bonds. The second kappa shape index (κ2) is 7.85. The Morgan fingerprint density at radius 1 is 1.29 bits per heavy atom. The molecule has 1 aromatic rings. The quantitative estimate of drug-likeness (QED) is 0.790. The molecule has 0 radical (unpaired) electrons. The third-order valence-electron chi connectivity index (χ3n) is 4.20. The fraction of sp³-hybridized carbons (Fsp3) is 0.647. The highest BCUT2D eigenvalue weighted by Crippen LogP contribution is 2.34. The summed E-state index contributed by atoms with van der Waals surface area (Å²) in [6.07, 6.45) is 4.09. The molecule has 0 aromatic heterocycles. The summed E-state index contributed by atoms with van der Waals surface area (Å²) >= 11 is 0. The highest BCUT2D eigenvalue weighted by atomic mass is 19.2. The number of hydrogen-bond donors (Lipinski definition) is 1. The summed E-state index contributed by atoms with van der Waals surface area (Å²) in [5, 5.41) is 3.39. The van der Waals surface area contributed by atoms with Gasteiger partial charge in [-0.3, -0.25) is 0 Å². The van der Waals surface area contributed by atoms with E-state index in [1.165, 1.54) is 6.07 Å². The van der Waals surface area contributed by atoms with Crippen molar-refractivity contribution in [2.75, 3.05) is 13.2 Å². The minimum atomic E-state index is -0.761. The van der Waals surface area contributed by atoms with Crippen molar-refractivity contribution in [1.29, 1.82) is 0 Å². The SMILES string of the molecule is CCNC(Cc1cccc(F)c1F)CC1CC(OCC)C1. The number of hydrogen-bond acceptors (Lipinski definition) is 2. The van der Waals surface area contributed by atoms with Gasteiger partial charge in [-0.1, -0.05) is 19.1 Å². The Morgan fingerprint density at radius 2 is 2.05 bits per heavy atom. The van der Waals surface area contributed by atoms with E-state index in [-0.39, 0.29) is 6.04 Å². The van der Waals surface area contributed by atoms with Crippen molar-refractivity contribution in [1.82, 2.24) is 5.32 Å². The van der Waals surface area contributed by atoms with Crippen molar-refractivity contribution in [2.24, 2.45) is 5.92 Å². The number of nitrogens with one attached hydrogen (secondary N) is 1.